The van der Waals surface area contributed by atoms with Crippen molar-refractivity contribution in [3.8, 4) is 11.1 Å². The summed E-state index contributed by atoms with van der Waals surface area (Å²) < 4.78 is 6.79. The highest BCUT2D eigenvalue weighted by molar-refractivity contribution is 6.05. The Bertz CT molecular complexity index is 1930. The van der Waals surface area contributed by atoms with E-state index in [1.807, 2.05) is 12.1 Å². The summed E-state index contributed by atoms with van der Waals surface area (Å²) in [6.07, 6.45) is 0. The number of para-hydroxylation sites is 4. The molecule has 8 rings (SSSR count). The molecule has 8 aromatic rings. The number of fused-ring (bicyclic) bond motifs is 10. The molecule has 0 aliphatic heterocycles. The first-order valence-electron chi connectivity index (χ1n) is 11.7. The fourth-order valence-corrected chi connectivity index (χ4v) is 5.51. The average Bonchev–Trinajstić information content (AvgIpc) is 3.58. The quantitative estimate of drug-likeness (QED) is 0.293. The second-order valence-corrected chi connectivity index (χ2v) is 9.45. The van der Waals surface area contributed by atoms with E-state index in [4.69, 9.17) is 9.97 Å². The van der Waals surface area contributed by atoms with E-state index in [2.05, 4.69) is 99.8 Å². The van der Waals surface area contributed by atoms with Crippen LogP contribution < -0.4 is 0 Å². The predicted octanol–water partition coefficient (Wildman–Crippen LogP) is 6.92. The smallest absolute Gasteiger partial charge is 0.223 e. The molecule has 4 heterocycles. The Morgan fingerprint density at radius 2 is 1.15 bits per heavy atom. The summed E-state index contributed by atoms with van der Waals surface area (Å²) in [6.45, 7) is 4.49. The summed E-state index contributed by atoms with van der Waals surface area (Å²) in [7, 11) is 0. The van der Waals surface area contributed by atoms with Crippen LogP contribution in [0.5, 0.6) is 0 Å². The minimum atomic E-state index is 0.480. The van der Waals surface area contributed by atoms with Crippen LogP contribution in [0.15, 0.2) is 84.9 Å². The van der Waals surface area contributed by atoms with Crippen LogP contribution in [-0.2, 0) is 0 Å². The van der Waals surface area contributed by atoms with Gasteiger partial charge in [0.05, 0.1) is 33.1 Å². The van der Waals surface area contributed by atoms with E-state index < -0.39 is 0 Å². The Hall–Kier alpha value is -4.38. The van der Waals surface area contributed by atoms with Crippen molar-refractivity contribution < 1.29 is 0 Å². The third-order valence-corrected chi connectivity index (χ3v) is 7.15. The lowest BCUT2D eigenvalue weighted by molar-refractivity contribution is 0.867. The molecule has 0 saturated carbocycles. The minimum Gasteiger partial charge on any atom is -0.276 e. The lowest BCUT2D eigenvalue weighted by atomic mass is 9.97. The summed E-state index contributed by atoms with van der Waals surface area (Å²) in [4.78, 5) is 10.1. The van der Waals surface area contributed by atoms with E-state index in [0.29, 0.717) is 5.92 Å². The van der Waals surface area contributed by atoms with Gasteiger partial charge in [0, 0.05) is 0 Å². The van der Waals surface area contributed by atoms with Gasteiger partial charge in [-0.05, 0) is 59.0 Å². The van der Waals surface area contributed by atoms with Crippen LogP contribution in [0.25, 0.3) is 61.3 Å². The normalized spacial score (nSPS) is 12.7. The van der Waals surface area contributed by atoms with Crippen LogP contribution in [0.4, 0.5) is 0 Å². The molecule has 0 unspecified atom stereocenters. The van der Waals surface area contributed by atoms with Gasteiger partial charge in [-0.3, -0.25) is 8.80 Å². The molecule has 0 atom stereocenters. The van der Waals surface area contributed by atoms with E-state index in [1.165, 1.54) is 16.7 Å². The largest absolute Gasteiger partial charge is 0.276 e. The molecule has 0 N–H and O–H groups in total. The van der Waals surface area contributed by atoms with E-state index in [9.17, 15) is 0 Å². The number of rotatable bonds is 2. The summed E-state index contributed by atoms with van der Waals surface area (Å²) >= 11 is 0. The molecule has 4 aromatic heterocycles. The van der Waals surface area contributed by atoms with Crippen molar-refractivity contribution in [3.63, 3.8) is 0 Å². The lowest BCUT2D eigenvalue weighted by Gasteiger charge is -2.09. The molecule has 5 heteroatoms. The maximum absolute atomic E-state index is 5.04. The van der Waals surface area contributed by atoms with Gasteiger partial charge in [0.1, 0.15) is 5.52 Å². The van der Waals surface area contributed by atoms with Crippen LogP contribution in [0, 0.1) is 0 Å². The van der Waals surface area contributed by atoms with E-state index >= 15 is 0 Å². The number of imidazole rings is 4. The molecule has 0 aliphatic carbocycles. The highest BCUT2D eigenvalue weighted by atomic mass is 15.3. The standard InChI is InChI=1S/C29H21N5/c1-17(2)18-8-7-9-19(14-18)20-15-25-27-26(16-20)33-24-13-6-4-11-22(24)31-29(33)34(27)28-30-21-10-3-5-12-23(21)32(25)28/h3-17H,1-2H3. The molecule has 0 saturated heterocycles. The Kier molecular flexibility index (Phi) is 3.27. The zero-order valence-electron chi connectivity index (χ0n) is 18.9. The van der Waals surface area contributed by atoms with Gasteiger partial charge < -0.3 is 0 Å². The average molecular weight is 440 g/mol. The Labute approximate surface area is 194 Å². The van der Waals surface area contributed by atoms with Gasteiger partial charge in [-0.2, -0.15) is 0 Å². The van der Waals surface area contributed by atoms with Gasteiger partial charge in [0.15, 0.2) is 0 Å². The molecule has 0 aliphatic rings. The van der Waals surface area contributed by atoms with Crippen molar-refractivity contribution in [2.24, 2.45) is 0 Å². The van der Waals surface area contributed by atoms with Crippen LogP contribution in [0.1, 0.15) is 25.3 Å². The Morgan fingerprint density at radius 1 is 0.559 bits per heavy atom. The Balaban J connectivity index is 1.62. The lowest BCUT2D eigenvalue weighted by Crippen LogP contribution is -1.90. The molecular weight excluding hydrogens is 418 g/mol. The maximum atomic E-state index is 5.04. The summed E-state index contributed by atoms with van der Waals surface area (Å²) in [5.74, 6) is 2.28. The van der Waals surface area contributed by atoms with Gasteiger partial charge in [-0.1, -0.05) is 62.4 Å². The molecule has 0 amide bonds. The number of nitrogens with zero attached hydrogens (tertiary/aromatic N) is 5. The summed E-state index contributed by atoms with van der Waals surface area (Å²) in [5, 5.41) is 0. The van der Waals surface area contributed by atoms with Gasteiger partial charge in [-0.15, -0.1) is 0 Å². The van der Waals surface area contributed by atoms with Crippen molar-refractivity contribution in [1.82, 2.24) is 23.2 Å². The third kappa shape index (κ3) is 2.14. The van der Waals surface area contributed by atoms with Gasteiger partial charge >= 0.3 is 0 Å². The molecule has 0 bridgehead atoms. The highest BCUT2D eigenvalue weighted by Crippen LogP contribution is 2.37. The summed E-state index contributed by atoms with van der Waals surface area (Å²) in [6, 6.07) is 30.2. The van der Waals surface area contributed by atoms with Gasteiger partial charge in [-0.25, -0.2) is 14.4 Å². The first-order chi connectivity index (χ1) is 16.7. The molecule has 162 valence electrons. The molecule has 5 nitrogen and oxygen atoms in total. The van der Waals surface area contributed by atoms with Crippen molar-refractivity contribution in [3.05, 3.63) is 90.5 Å². The predicted molar refractivity (Wildman–Crippen MR) is 138 cm³/mol. The SMILES string of the molecule is CC(C)c1cccc(-c2cc3c4c(c2)n2c5ccccc5nc2n4c2nc4ccccc4n32)c1. The zero-order valence-corrected chi connectivity index (χ0v) is 18.9. The molecule has 0 spiro atoms. The topological polar surface area (TPSA) is 39.0 Å². The van der Waals surface area contributed by atoms with E-state index in [-0.39, 0.29) is 0 Å². The van der Waals surface area contributed by atoms with E-state index in [0.717, 1.165) is 50.2 Å². The van der Waals surface area contributed by atoms with Crippen molar-refractivity contribution >= 4 is 50.2 Å². The second kappa shape index (κ2) is 6.14. The summed E-state index contributed by atoms with van der Waals surface area (Å²) in [5.41, 5.74) is 11.5. The fourth-order valence-electron chi connectivity index (χ4n) is 5.51. The maximum Gasteiger partial charge on any atom is 0.223 e. The van der Waals surface area contributed by atoms with Crippen LogP contribution >= 0.6 is 0 Å². The minimum absolute atomic E-state index is 0.480. The first kappa shape index (κ1) is 18.1. The van der Waals surface area contributed by atoms with Gasteiger partial charge in [0.2, 0.25) is 11.6 Å². The molecule has 4 aromatic carbocycles. The molecule has 0 radical (unpaired) electrons. The second-order valence-electron chi connectivity index (χ2n) is 9.45. The van der Waals surface area contributed by atoms with E-state index in [1.54, 1.807) is 0 Å². The highest BCUT2D eigenvalue weighted by Gasteiger charge is 2.24. The zero-order chi connectivity index (χ0) is 22.6. The fraction of sp³-hybridized carbons (Fsp3) is 0.103. The van der Waals surface area contributed by atoms with Crippen LogP contribution in [0.3, 0.4) is 0 Å². The number of hydrogen-bond donors (Lipinski definition) is 0. The number of aromatic nitrogens is 5. The molecule has 34 heavy (non-hydrogen) atoms. The van der Waals surface area contributed by atoms with Crippen molar-refractivity contribution in [2.75, 3.05) is 0 Å². The van der Waals surface area contributed by atoms with Crippen LogP contribution in [-0.4, -0.2) is 23.2 Å². The number of benzene rings is 4. The molecular formula is C29H21N5. The van der Waals surface area contributed by atoms with Crippen molar-refractivity contribution in [2.45, 2.75) is 19.8 Å². The molecule has 0 fully saturated rings. The van der Waals surface area contributed by atoms with Gasteiger partial charge in [0.25, 0.3) is 0 Å². The third-order valence-electron chi connectivity index (χ3n) is 7.15. The monoisotopic (exact) mass is 439 g/mol. The number of hydrogen-bond acceptors (Lipinski definition) is 2. The van der Waals surface area contributed by atoms with Crippen LogP contribution in [0.2, 0.25) is 0 Å². The Morgan fingerprint density at radius 3 is 1.74 bits per heavy atom. The van der Waals surface area contributed by atoms with Crippen molar-refractivity contribution in [1.29, 1.82) is 0 Å². The first-order valence-corrected chi connectivity index (χ1v) is 11.7.